The standard InChI is InChI=1S/C12H16N2/c1-9-7-5-6-8-12(9)14-11(3)10(2)13-4/h5-8,13-14H,2-3H2,1,4H3. The van der Waals surface area contributed by atoms with Crippen LogP contribution in [0.2, 0.25) is 0 Å². The first-order valence-corrected chi connectivity index (χ1v) is 4.53. The van der Waals surface area contributed by atoms with E-state index in [9.17, 15) is 0 Å². The Morgan fingerprint density at radius 3 is 2.36 bits per heavy atom. The van der Waals surface area contributed by atoms with Crippen LogP contribution in [-0.2, 0) is 0 Å². The molecule has 0 aliphatic rings. The summed E-state index contributed by atoms with van der Waals surface area (Å²) < 4.78 is 0. The molecule has 0 saturated heterocycles. The molecule has 1 rings (SSSR count). The molecule has 0 fully saturated rings. The fourth-order valence-corrected chi connectivity index (χ4v) is 1.10. The van der Waals surface area contributed by atoms with Crippen LogP contribution < -0.4 is 10.6 Å². The number of nitrogens with one attached hydrogen (secondary N) is 2. The Kier molecular flexibility index (Phi) is 3.35. The summed E-state index contributed by atoms with van der Waals surface area (Å²) in [5, 5.41) is 6.15. The third-order valence-electron chi connectivity index (χ3n) is 2.10. The molecule has 1 aromatic rings. The third kappa shape index (κ3) is 2.39. The van der Waals surface area contributed by atoms with Gasteiger partial charge in [0.2, 0.25) is 0 Å². The number of anilines is 1. The fourth-order valence-electron chi connectivity index (χ4n) is 1.10. The highest BCUT2D eigenvalue weighted by molar-refractivity contribution is 5.56. The van der Waals surface area contributed by atoms with Crippen LogP contribution in [-0.4, -0.2) is 7.05 Å². The van der Waals surface area contributed by atoms with E-state index in [2.05, 4.69) is 36.8 Å². The van der Waals surface area contributed by atoms with Gasteiger partial charge in [-0.15, -0.1) is 0 Å². The predicted octanol–water partition coefficient (Wildman–Crippen LogP) is 2.65. The summed E-state index contributed by atoms with van der Waals surface area (Å²) in [5.41, 5.74) is 3.85. The molecule has 0 atom stereocenters. The molecule has 14 heavy (non-hydrogen) atoms. The minimum atomic E-state index is 0.793. The molecule has 0 aromatic heterocycles. The first-order valence-electron chi connectivity index (χ1n) is 4.53. The largest absolute Gasteiger partial charge is 0.387 e. The van der Waals surface area contributed by atoms with E-state index in [-0.39, 0.29) is 0 Å². The lowest BCUT2D eigenvalue weighted by atomic mass is 10.2. The Bertz CT molecular complexity index is 353. The van der Waals surface area contributed by atoms with Crippen molar-refractivity contribution in [1.29, 1.82) is 0 Å². The Balaban J connectivity index is 2.75. The summed E-state index contributed by atoms with van der Waals surface area (Å²) in [7, 11) is 1.83. The number of rotatable bonds is 4. The number of likely N-dealkylation sites (N-methyl/N-ethyl adjacent to an activating group) is 1. The first kappa shape index (κ1) is 10.4. The molecular weight excluding hydrogens is 172 g/mol. The smallest absolute Gasteiger partial charge is 0.0540 e. The Morgan fingerprint density at radius 2 is 1.79 bits per heavy atom. The highest BCUT2D eigenvalue weighted by atomic mass is 15.0. The number of hydrogen-bond acceptors (Lipinski definition) is 2. The van der Waals surface area contributed by atoms with Gasteiger partial charge in [-0.2, -0.15) is 0 Å². The maximum atomic E-state index is 3.89. The normalized spacial score (nSPS) is 9.29. The van der Waals surface area contributed by atoms with Crippen molar-refractivity contribution in [2.24, 2.45) is 0 Å². The van der Waals surface area contributed by atoms with Gasteiger partial charge in [0.05, 0.1) is 5.70 Å². The molecule has 0 heterocycles. The van der Waals surface area contributed by atoms with Crippen LogP contribution >= 0.6 is 0 Å². The average molecular weight is 188 g/mol. The van der Waals surface area contributed by atoms with Gasteiger partial charge >= 0.3 is 0 Å². The van der Waals surface area contributed by atoms with Gasteiger partial charge < -0.3 is 10.6 Å². The fraction of sp³-hybridized carbons (Fsp3) is 0.167. The van der Waals surface area contributed by atoms with Gasteiger partial charge in [-0.1, -0.05) is 31.4 Å². The maximum Gasteiger partial charge on any atom is 0.0540 e. The van der Waals surface area contributed by atoms with E-state index in [1.807, 2.05) is 25.2 Å². The quantitative estimate of drug-likeness (QED) is 0.710. The molecule has 0 amide bonds. The number of para-hydroxylation sites is 1. The molecule has 0 spiro atoms. The third-order valence-corrected chi connectivity index (χ3v) is 2.10. The average Bonchev–Trinajstić information content (AvgIpc) is 2.20. The van der Waals surface area contributed by atoms with Gasteiger partial charge in [0.15, 0.2) is 0 Å². The van der Waals surface area contributed by atoms with Gasteiger partial charge in [-0.3, -0.25) is 0 Å². The second kappa shape index (κ2) is 4.51. The van der Waals surface area contributed by atoms with Crippen molar-refractivity contribution in [3.05, 3.63) is 54.4 Å². The Morgan fingerprint density at radius 1 is 1.14 bits per heavy atom. The molecule has 74 valence electrons. The summed E-state index contributed by atoms with van der Waals surface area (Å²) >= 11 is 0. The van der Waals surface area contributed by atoms with E-state index in [4.69, 9.17) is 0 Å². The van der Waals surface area contributed by atoms with E-state index in [0.717, 1.165) is 17.1 Å². The molecule has 0 bridgehead atoms. The molecule has 0 aliphatic carbocycles. The lowest BCUT2D eigenvalue weighted by molar-refractivity contribution is 1.01. The van der Waals surface area contributed by atoms with Crippen LogP contribution in [0.15, 0.2) is 48.8 Å². The summed E-state index contributed by atoms with van der Waals surface area (Å²) in [4.78, 5) is 0. The van der Waals surface area contributed by atoms with Crippen molar-refractivity contribution >= 4 is 5.69 Å². The highest BCUT2D eigenvalue weighted by Crippen LogP contribution is 2.16. The van der Waals surface area contributed by atoms with Crippen LogP contribution in [0.25, 0.3) is 0 Å². The zero-order chi connectivity index (χ0) is 10.6. The molecule has 2 N–H and O–H groups in total. The molecule has 2 heteroatoms. The van der Waals surface area contributed by atoms with Crippen molar-refractivity contribution in [1.82, 2.24) is 5.32 Å². The Hall–Kier alpha value is -1.70. The van der Waals surface area contributed by atoms with Crippen molar-refractivity contribution in [2.75, 3.05) is 12.4 Å². The topological polar surface area (TPSA) is 24.1 Å². The summed E-state index contributed by atoms with van der Waals surface area (Å²) in [6.07, 6.45) is 0. The number of aryl methyl sites for hydroxylation is 1. The molecule has 0 saturated carbocycles. The van der Waals surface area contributed by atoms with E-state index in [0.29, 0.717) is 0 Å². The summed E-state index contributed by atoms with van der Waals surface area (Å²) in [5.74, 6) is 0. The summed E-state index contributed by atoms with van der Waals surface area (Å²) in [6.45, 7) is 9.77. The van der Waals surface area contributed by atoms with Gasteiger partial charge in [0.25, 0.3) is 0 Å². The van der Waals surface area contributed by atoms with E-state index in [1.54, 1.807) is 0 Å². The zero-order valence-electron chi connectivity index (χ0n) is 8.72. The minimum absolute atomic E-state index is 0.793. The van der Waals surface area contributed by atoms with E-state index >= 15 is 0 Å². The van der Waals surface area contributed by atoms with Crippen LogP contribution in [0, 0.1) is 6.92 Å². The van der Waals surface area contributed by atoms with Gasteiger partial charge in [-0.25, -0.2) is 0 Å². The predicted molar refractivity (Wildman–Crippen MR) is 62.1 cm³/mol. The first-order chi connectivity index (χ1) is 6.65. The maximum absolute atomic E-state index is 3.89. The Labute approximate surface area is 85.3 Å². The minimum Gasteiger partial charge on any atom is -0.387 e. The van der Waals surface area contributed by atoms with Gasteiger partial charge in [-0.05, 0) is 18.6 Å². The van der Waals surface area contributed by atoms with E-state index in [1.165, 1.54) is 5.56 Å². The van der Waals surface area contributed by atoms with Gasteiger partial charge in [0.1, 0.15) is 0 Å². The second-order valence-electron chi connectivity index (χ2n) is 3.15. The zero-order valence-corrected chi connectivity index (χ0v) is 8.72. The number of benzene rings is 1. The monoisotopic (exact) mass is 188 g/mol. The molecular formula is C12H16N2. The van der Waals surface area contributed by atoms with Crippen LogP contribution in [0.3, 0.4) is 0 Å². The molecule has 0 radical (unpaired) electrons. The number of hydrogen-bond donors (Lipinski definition) is 2. The van der Waals surface area contributed by atoms with Crippen molar-refractivity contribution in [3.8, 4) is 0 Å². The van der Waals surface area contributed by atoms with Crippen LogP contribution in [0.1, 0.15) is 5.56 Å². The van der Waals surface area contributed by atoms with E-state index < -0.39 is 0 Å². The van der Waals surface area contributed by atoms with Crippen molar-refractivity contribution in [2.45, 2.75) is 6.92 Å². The molecule has 1 aromatic carbocycles. The summed E-state index contributed by atoms with van der Waals surface area (Å²) in [6, 6.07) is 8.07. The van der Waals surface area contributed by atoms with Crippen LogP contribution in [0.5, 0.6) is 0 Å². The second-order valence-corrected chi connectivity index (χ2v) is 3.15. The van der Waals surface area contributed by atoms with Gasteiger partial charge in [0, 0.05) is 18.4 Å². The lowest BCUT2D eigenvalue weighted by Crippen LogP contribution is -2.12. The molecule has 0 aliphatic heterocycles. The lowest BCUT2D eigenvalue weighted by Gasteiger charge is -2.13. The molecule has 2 nitrogen and oxygen atoms in total. The van der Waals surface area contributed by atoms with Crippen LogP contribution in [0.4, 0.5) is 5.69 Å². The SMILES string of the molecule is C=C(NC)C(=C)Nc1ccccc1C. The molecule has 0 unspecified atom stereocenters. The van der Waals surface area contributed by atoms with Crippen molar-refractivity contribution in [3.63, 3.8) is 0 Å². The highest BCUT2D eigenvalue weighted by Gasteiger charge is 2.00. The van der Waals surface area contributed by atoms with Crippen molar-refractivity contribution < 1.29 is 0 Å².